The largest absolute Gasteiger partial charge is 0.493 e. The lowest BCUT2D eigenvalue weighted by atomic mass is 10.0. The molecule has 0 radical (unpaired) electrons. The van der Waals surface area contributed by atoms with Crippen molar-refractivity contribution in [2.75, 3.05) is 14.2 Å². The summed E-state index contributed by atoms with van der Waals surface area (Å²) in [5, 5.41) is 10.3. The van der Waals surface area contributed by atoms with Gasteiger partial charge in [-0.15, -0.1) is 0 Å². The van der Waals surface area contributed by atoms with Crippen molar-refractivity contribution in [1.82, 2.24) is 4.98 Å². The molecular weight excluding hydrogens is 249 g/mol. The third kappa shape index (κ3) is 2.51. The van der Waals surface area contributed by atoms with Crippen LogP contribution >= 0.6 is 0 Å². The number of hydrogen-bond acceptors (Lipinski definition) is 4. The minimum atomic E-state index is -1.15. The minimum absolute atomic E-state index is 0.140. The fourth-order valence-corrected chi connectivity index (χ4v) is 1.90. The van der Waals surface area contributed by atoms with Crippen LogP contribution in [-0.4, -0.2) is 24.3 Å². The molecule has 0 aliphatic carbocycles. The van der Waals surface area contributed by atoms with E-state index in [2.05, 4.69) is 4.98 Å². The molecule has 0 spiro atoms. The third-order valence-electron chi connectivity index (χ3n) is 2.83. The van der Waals surface area contributed by atoms with Gasteiger partial charge >= 0.3 is 0 Å². The summed E-state index contributed by atoms with van der Waals surface area (Å²) >= 11 is 0. The summed E-state index contributed by atoms with van der Waals surface area (Å²) in [5.74, 6) is 0.294. The Balaban J connectivity index is 2.50. The highest BCUT2D eigenvalue weighted by Gasteiger charge is 2.21. The fourth-order valence-electron chi connectivity index (χ4n) is 1.90. The fraction of sp³-hybridized carbons (Fsp3) is 0.214. The number of aliphatic hydroxyl groups is 1. The van der Waals surface area contributed by atoms with Crippen molar-refractivity contribution in [3.63, 3.8) is 0 Å². The Morgan fingerprint density at radius 3 is 2.58 bits per heavy atom. The molecule has 1 aromatic carbocycles. The molecule has 0 bridgehead atoms. The third-order valence-corrected chi connectivity index (χ3v) is 2.83. The maximum atomic E-state index is 13.6. The van der Waals surface area contributed by atoms with Crippen LogP contribution < -0.4 is 9.47 Å². The Kier molecular flexibility index (Phi) is 3.97. The van der Waals surface area contributed by atoms with Gasteiger partial charge in [0, 0.05) is 17.3 Å². The second-order valence-corrected chi connectivity index (χ2v) is 3.88. The highest BCUT2D eigenvalue weighted by Crippen LogP contribution is 2.37. The van der Waals surface area contributed by atoms with Gasteiger partial charge in [-0.1, -0.05) is 12.1 Å². The smallest absolute Gasteiger partial charge is 0.166 e. The van der Waals surface area contributed by atoms with Crippen LogP contribution in [0.5, 0.6) is 11.5 Å². The van der Waals surface area contributed by atoms with E-state index in [1.54, 1.807) is 18.2 Å². The lowest BCUT2D eigenvalue weighted by Gasteiger charge is -2.17. The zero-order valence-corrected chi connectivity index (χ0v) is 10.6. The van der Waals surface area contributed by atoms with Crippen LogP contribution in [0.15, 0.2) is 36.7 Å². The van der Waals surface area contributed by atoms with Gasteiger partial charge < -0.3 is 14.6 Å². The zero-order valence-electron chi connectivity index (χ0n) is 10.6. The van der Waals surface area contributed by atoms with E-state index in [1.807, 2.05) is 0 Å². The molecule has 1 atom stereocenters. The number of nitrogens with zero attached hydrogens (tertiary/aromatic N) is 1. The Hall–Kier alpha value is -2.14. The Morgan fingerprint density at radius 1 is 1.16 bits per heavy atom. The molecule has 1 heterocycles. The molecule has 2 aromatic rings. The van der Waals surface area contributed by atoms with E-state index in [0.717, 1.165) is 6.20 Å². The summed E-state index contributed by atoms with van der Waals surface area (Å²) in [6.45, 7) is 0. The predicted octanol–water partition coefficient (Wildman–Crippen LogP) is 2.32. The number of aliphatic hydroxyl groups excluding tert-OH is 1. The summed E-state index contributed by atoms with van der Waals surface area (Å²) in [6.07, 6.45) is 1.34. The lowest BCUT2D eigenvalue weighted by Crippen LogP contribution is -2.06. The number of ether oxygens (including phenoxy) is 2. The average molecular weight is 263 g/mol. The molecule has 2 rings (SSSR count). The second kappa shape index (κ2) is 5.67. The van der Waals surface area contributed by atoms with Crippen LogP contribution in [0, 0.1) is 5.82 Å². The molecule has 0 fully saturated rings. The van der Waals surface area contributed by atoms with Gasteiger partial charge in [-0.05, 0) is 12.1 Å². The molecule has 5 heteroatoms. The van der Waals surface area contributed by atoms with Crippen molar-refractivity contribution < 1.29 is 19.0 Å². The highest BCUT2D eigenvalue weighted by molar-refractivity contribution is 5.49. The van der Waals surface area contributed by atoms with Gasteiger partial charge in [-0.3, -0.25) is 4.98 Å². The van der Waals surface area contributed by atoms with Crippen LogP contribution in [-0.2, 0) is 0 Å². The number of methoxy groups -OCH3 is 2. The van der Waals surface area contributed by atoms with Gasteiger partial charge in [0.15, 0.2) is 11.5 Å². The zero-order chi connectivity index (χ0) is 13.8. The molecular formula is C14H14FNO3. The molecule has 1 unspecified atom stereocenters. The Bertz CT molecular complexity index is 574. The van der Waals surface area contributed by atoms with Crippen LogP contribution in [0.3, 0.4) is 0 Å². The first-order valence-electron chi connectivity index (χ1n) is 5.67. The summed E-state index contributed by atoms with van der Waals surface area (Å²) < 4.78 is 24.0. The Labute approximate surface area is 110 Å². The standard InChI is InChI=1S/C14H14FNO3/c1-18-12-5-3-4-10(14(12)19-2)13(17)9-6-7-16-8-11(9)15/h3-8,13,17H,1-2H3. The van der Waals surface area contributed by atoms with Gasteiger partial charge in [-0.25, -0.2) is 4.39 Å². The molecule has 1 N–H and O–H groups in total. The van der Waals surface area contributed by atoms with E-state index in [-0.39, 0.29) is 5.56 Å². The SMILES string of the molecule is COc1cccc(C(O)c2ccncc2F)c1OC. The molecule has 100 valence electrons. The van der Waals surface area contributed by atoms with Crippen molar-refractivity contribution in [1.29, 1.82) is 0 Å². The van der Waals surface area contributed by atoms with Gasteiger partial charge in [0.05, 0.1) is 20.4 Å². The monoisotopic (exact) mass is 263 g/mol. The number of rotatable bonds is 4. The van der Waals surface area contributed by atoms with E-state index in [4.69, 9.17) is 9.47 Å². The first-order chi connectivity index (χ1) is 9.19. The normalized spacial score (nSPS) is 12.0. The van der Waals surface area contributed by atoms with Crippen LogP contribution in [0.2, 0.25) is 0 Å². The summed E-state index contributed by atoms with van der Waals surface area (Å²) in [4.78, 5) is 3.66. The topological polar surface area (TPSA) is 51.6 Å². The molecule has 1 aromatic heterocycles. The summed E-state index contributed by atoms with van der Waals surface area (Å²) in [6, 6.07) is 6.50. The molecule has 0 amide bonds. The number of para-hydroxylation sites is 1. The van der Waals surface area contributed by atoms with Crippen LogP contribution in [0.25, 0.3) is 0 Å². The number of halogens is 1. The molecule has 4 nitrogen and oxygen atoms in total. The van der Waals surface area contributed by atoms with Crippen molar-refractivity contribution >= 4 is 0 Å². The van der Waals surface area contributed by atoms with Gasteiger partial charge in [0.25, 0.3) is 0 Å². The van der Waals surface area contributed by atoms with Gasteiger partial charge in [-0.2, -0.15) is 0 Å². The number of benzene rings is 1. The van der Waals surface area contributed by atoms with E-state index in [9.17, 15) is 9.50 Å². The van der Waals surface area contributed by atoms with Gasteiger partial charge in [0.1, 0.15) is 11.9 Å². The van der Waals surface area contributed by atoms with Crippen LogP contribution in [0.1, 0.15) is 17.2 Å². The van der Waals surface area contributed by atoms with Crippen molar-refractivity contribution in [2.24, 2.45) is 0 Å². The molecule has 0 saturated carbocycles. The summed E-state index contributed by atoms with van der Waals surface area (Å²) in [7, 11) is 2.97. The predicted molar refractivity (Wildman–Crippen MR) is 67.8 cm³/mol. The van der Waals surface area contributed by atoms with Crippen molar-refractivity contribution in [3.8, 4) is 11.5 Å². The van der Waals surface area contributed by atoms with Gasteiger partial charge in [0.2, 0.25) is 0 Å². The first kappa shape index (κ1) is 13.3. The Morgan fingerprint density at radius 2 is 1.95 bits per heavy atom. The molecule has 0 saturated heterocycles. The average Bonchev–Trinajstić information content (AvgIpc) is 2.46. The second-order valence-electron chi connectivity index (χ2n) is 3.88. The van der Waals surface area contributed by atoms with Crippen molar-refractivity contribution in [2.45, 2.75) is 6.10 Å². The van der Waals surface area contributed by atoms with E-state index in [0.29, 0.717) is 17.1 Å². The maximum Gasteiger partial charge on any atom is 0.166 e. The first-order valence-corrected chi connectivity index (χ1v) is 5.67. The number of aromatic nitrogens is 1. The molecule has 0 aliphatic heterocycles. The van der Waals surface area contributed by atoms with E-state index in [1.165, 1.54) is 26.5 Å². The van der Waals surface area contributed by atoms with Crippen molar-refractivity contribution in [3.05, 3.63) is 53.6 Å². The van der Waals surface area contributed by atoms with Crippen LogP contribution in [0.4, 0.5) is 4.39 Å². The number of hydrogen-bond donors (Lipinski definition) is 1. The molecule has 19 heavy (non-hydrogen) atoms. The maximum absolute atomic E-state index is 13.6. The number of pyridine rings is 1. The van der Waals surface area contributed by atoms with E-state index >= 15 is 0 Å². The van der Waals surface area contributed by atoms with E-state index < -0.39 is 11.9 Å². The minimum Gasteiger partial charge on any atom is -0.493 e. The quantitative estimate of drug-likeness (QED) is 0.919. The summed E-state index contributed by atoms with van der Waals surface area (Å²) in [5.41, 5.74) is 0.577. The molecule has 0 aliphatic rings. The highest BCUT2D eigenvalue weighted by atomic mass is 19.1. The lowest BCUT2D eigenvalue weighted by molar-refractivity contribution is 0.208.